The third kappa shape index (κ3) is 19.2. The summed E-state index contributed by atoms with van der Waals surface area (Å²) in [7, 11) is -7.97. The summed E-state index contributed by atoms with van der Waals surface area (Å²) in [4.78, 5) is 10.9. The molecule has 0 amide bonds. The first-order chi connectivity index (χ1) is 21.1. The number of nitrogens with zero attached hydrogens (tertiary/aromatic N) is 1. The Kier molecular flexibility index (Phi) is 20.0. The number of carbonyl (C=O) groups excluding carboxylic acids is 1. The lowest BCUT2D eigenvalue weighted by atomic mass is 10.0. The second-order valence-electron chi connectivity index (χ2n) is 9.96. The third-order valence-corrected chi connectivity index (χ3v) is 9.80. The van der Waals surface area contributed by atoms with Gasteiger partial charge >= 0.3 is 7.67 Å². The van der Waals surface area contributed by atoms with E-state index < -0.39 is 27.9 Å². The normalized spacial score (nSPS) is 16.8. The number of hydrogen-bond donors (Lipinski definition) is 1. The SMILES string of the molecule is COc1ccc2cc(CCC(C)=O)ccc2c1.CS(=O)(=O)OCCCCOS(C)(=O)=O.O=P1(N(CCCl)CCCl)NCCCO1. The number of carbonyl (C=O) groups is 1. The van der Waals surface area contributed by atoms with E-state index in [0.717, 1.165) is 43.0 Å². The number of ketones is 1. The van der Waals surface area contributed by atoms with Crippen molar-refractivity contribution in [2.24, 2.45) is 0 Å². The first-order valence-electron chi connectivity index (χ1n) is 14.2. The molecule has 1 atom stereocenters. The minimum atomic E-state index is -3.40. The van der Waals surface area contributed by atoms with Gasteiger partial charge in [-0.1, -0.05) is 24.3 Å². The fraction of sp³-hybridized carbons (Fsp3) is 0.607. The molecule has 1 unspecified atom stereocenters. The molecule has 1 N–H and O–H groups in total. The zero-order valence-electron chi connectivity index (χ0n) is 26.2. The van der Waals surface area contributed by atoms with Crippen LogP contribution in [0.5, 0.6) is 5.75 Å². The highest BCUT2D eigenvalue weighted by Crippen LogP contribution is 2.48. The number of ether oxygens (including phenoxy) is 1. The predicted octanol–water partition coefficient (Wildman–Crippen LogP) is 4.97. The topological polar surface area (TPSA) is 155 Å². The first-order valence-corrected chi connectivity index (χ1v) is 20.5. The molecule has 12 nitrogen and oxygen atoms in total. The number of alkyl halides is 2. The number of methoxy groups -OCH3 is 1. The lowest BCUT2D eigenvalue weighted by molar-refractivity contribution is -0.116. The van der Waals surface area contributed by atoms with Gasteiger partial charge in [0.25, 0.3) is 20.2 Å². The van der Waals surface area contributed by atoms with Crippen molar-refractivity contribution in [3.8, 4) is 5.75 Å². The highest BCUT2D eigenvalue weighted by Gasteiger charge is 2.32. The van der Waals surface area contributed by atoms with E-state index in [-0.39, 0.29) is 19.0 Å². The van der Waals surface area contributed by atoms with Gasteiger partial charge < -0.3 is 14.1 Å². The summed E-state index contributed by atoms with van der Waals surface area (Å²) in [5.41, 5.74) is 1.21. The van der Waals surface area contributed by atoms with Crippen LogP contribution in [-0.2, 0) is 48.9 Å². The number of halogens is 2. The number of hydrogen-bond acceptors (Lipinski definition) is 10. The second-order valence-corrected chi connectivity index (χ2v) is 16.2. The molecule has 0 spiro atoms. The summed E-state index contributed by atoms with van der Waals surface area (Å²) < 4.78 is 75.1. The van der Waals surface area contributed by atoms with Gasteiger partial charge in [0.05, 0.1) is 39.4 Å². The number of unbranched alkanes of at least 4 members (excludes halogenated alkanes) is 1. The van der Waals surface area contributed by atoms with E-state index in [1.54, 1.807) is 18.7 Å². The van der Waals surface area contributed by atoms with Crippen LogP contribution in [0.3, 0.4) is 0 Å². The van der Waals surface area contributed by atoms with Crippen molar-refractivity contribution >= 4 is 67.7 Å². The predicted molar refractivity (Wildman–Crippen MR) is 180 cm³/mol. The number of benzene rings is 2. The molecular weight excluding hydrogens is 690 g/mol. The van der Waals surface area contributed by atoms with E-state index in [1.807, 2.05) is 18.2 Å². The van der Waals surface area contributed by atoms with Gasteiger partial charge in [0, 0.05) is 37.8 Å². The molecule has 17 heteroatoms. The fourth-order valence-electron chi connectivity index (χ4n) is 3.78. The summed E-state index contributed by atoms with van der Waals surface area (Å²) >= 11 is 11.2. The lowest BCUT2D eigenvalue weighted by Crippen LogP contribution is -2.35. The molecule has 1 heterocycles. The Labute approximate surface area is 277 Å². The standard InChI is InChI=1S/C15H16O2.C7H15Cl2N2O2P.C6H14O6S2/c1-11(16)3-4-12-5-6-14-10-15(17-2)8-7-13(14)9-12;8-2-5-11(6-3-9)14(12)10-4-1-7-13-14;1-13(7,8)11-5-3-4-6-12-14(2,9)10/h5-10H,3-4H2,1-2H3;1-7H2,(H,10,12);3-6H2,1-2H3. The summed E-state index contributed by atoms with van der Waals surface area (Å²) in [6.45, 7) is 4.03. The number of rotatable bonds is 16. The van der Waals surface area contributed by atoms with Crippen LogP contribution >= 0.6 is 30.9 Å². The lowest BCUT2D eigenvalue weighted by Gasteiger charge is -2.33. The number of Topliss-reactive ketones (excluding diaryl/α,β-unsaturated/α-hetero) is 1. The Morgan fingerprint density at radius 2 is 1.51 bits per heavy atom. The molecule has 258 valence electrons. The molecule has 0 aliphatic carbocycles. The van der Waals surface area contributed by atoms with Gasteiger partial charge in [0.2, 0.25) is 0 Å². The molecule has 0 aromatic heterocycles. The Morgan fingerprint density at radius 1 is 0.956 bits per heavy atom. The summed E-state index contributed by atoms with van der Waals surface area (Å²) in [6, 6.07) is 12.3. The van der Waals surface area contributed by atoms with Gasteiger partial charge in [-0.3, -0.25) is 12.9 Å². The molecule has 0 saturated carbocycles. The zero-order chi connectivity index (χ0) is 33.9. The smallest absolute Gasteiger partial charge is 0.343 e. The van der Waals surface area contributed by atoms with Crippen LogP contribution in [-0.4, -0.2) is 98.1 Å². The minimum Gasteiger partial charge on any atom is -0.497 e. The maximum Gasteiger partial charge on any atom is 0.343 e. The van der Waals surface area contributed by atoms with Crippen molar-refractivity contribution in [2.75, 3.05) is 70.8 Å². The summed E-state index contributed by atoms with van der Waals surface area (Å²) in [5, 5.41) is 5.26. The van der Waals surface area contributed by atoms with Crippen molar-refractivity contribution in [3.63, 3.8) is 0 Å². The fourth-order valence-corrected chi connectivity index (χ4v) is 7.26. The molecule has 2 aromatic rings. The van der Waals surface area contributed by atoms with Crippen molar-refractivity contribution in [2.45, 2.75) is 39.0 Å². The van der Waals surface area contributed by atoms with Crippen LogP contribution in [0.2, 0.25) is 0 Å². The van der Waals surface area contributed by atoms with Crippen molar-refractivity contribution in [3.05, 3.63) is 42.0 Å². The highest BCUT2D eigenvalue weighted by molar-refractivity contribution is 7.86. The van der Waals surface area contributed by atoms with E-state index in [1.165, 1.54) is 10.9 Å². The average Bonchev–Trinajstić information content (AvgIpc) is 2.97. The van der Waals surface area contributed by atoms with E-state index >= 15 is 0 Å². The third-order valence-electron chi connectivity index (χ3n) is 5.97. The van der Waals surface area contributed by atoms with Crippen LogP contribution in [0.4, 0.5) is 0 Å². The molecule has 1 aliphatic rings. The summed E-state index contributed by atoms with van der Waals surface area (Å²) in [6.07, 6.45) is 5.10. The molecular formula is C28H45Cl2N2O10PS2. The molecule has 2 aromatic carbocycles. The van der Waals surface area contributed by atoms with Crippen LogP contribution in [0, 0.1) is 0 Å². The van der Waals surface area contributed by atoms with Crippen molar-refractivity contribution < 1.29 is 43.8 Å². The van der Waals surface area contributed by atoms with Crippen molar-refractivity contribution in [1.82, 2.24) is 9.76 Å². The quantitative estimate of drug-likeness (QED) is 0.107. The molecule has 1 aliphatic heterocycles. The molecule has 45 heavy (non-hydrogen) atoms. The maximum atomic E-state index is 12.2. The van der Waals surface area contributed by atoms with Gasteiger partial charge in [-0.05, 0) is 61.1 Å². The van der Waals surface area contributed by atoms with Crippen LogP contribution in [0.15, 0.2) is 36.4 Å². The van der Waals surface area contributed by atoms with Crippen LogP contribution in [0.25, 0.3) is 10.8 Å². The van der Waals surface area contributed by atoms with Gasteiger partial charge in [-0.15, -0.1) is 23.2 Å². The van der Waals surface area contributed by atoms with E-state index in [2.05, 4.69) is 31.7 Å². The Balaban J connectivity index is 0.000000341. The van der Waals surface area contributed by atoms with Gasteiger partial charge in [-0.2, -0.15) is 16.8 Å². The monoisotopic (exact) mass is 734 g/mol. The van der Waals surface area contributed by atoms with Crippen LogP contribution < -0.4 is 9.82 Å². The second kappa shape index (κ2) is 21.5. The molecule has 1 fully saturated rings. The first kappa shape index (κ1) is 41.7. The number of nitrogens with one attached hydrogen (secondary N) is 1. The highest BCUT2D eigenvalue weighted by atomic mass is 35.5. The Hall–Kier alpha value is -1.32. The Morgan fingerprint density at radius 3 is 1.98 bits per heavy atom. The molecule has 0 bridgehead atoms. The van der Waals surface area contributed by atoms with E-state index in [4.69, 9.17) is 32.5 Å². The molecule has 3 rings (SSSR count). The van der Waals surface area contributed by atoms with Gasteiger partial charge in [0.15, 0.2) is 0 Å². The van der Waals surface area contributed by atoms with Gasteiger partial charge in [0.1, 0.15) is 11.5 Å². The van der Waals surface area contributed by atoms with Crippen molar-refractivity contribution in [1.29, 1.82) is 0 Å². The summed E-state index contributed by atoms with van der Waals surface area (Å²) in [5.74, 6) is 1.95. The molecule has 0 radical (unpaired) electrons. The Bertz CT molecular complexity index is 1390. The number of aryl methyl sites for hydroxylation is 1. The van der Waals surface area contributed by atoms with E-state index in [9.17, 15) is 26.2 Å². The minimum absolute atomic E-state index is 0.0476. The number of fused-ring (bicyclic) bond motifs is 1. The largest absolute Gasteiger partial charge is 0.497 e. The maximum absolute atomic E-state index is 12.2. The average molecular weight is 736 g/mol. The van der Waals surface area contributed by atoms with Crippen LogP contribution in [0.1, 0.15) is 38.2 Å². The van der Waals surface area contributed by atoms with Gasteiger partial charge in [-0.25, -0.2) is 9.76 Å². The molecule has 1 saturated heterocycles. The zero-order valence-corrected chi connectivity index (χ0v) is 30.2. The van der Waals surface area contributed by atoms with E-state index in [0.29, 0.717) is 50.7 Å².